The van der Waals surface area contributed by atoms with Crippen LogP contribution >= 0.6 is 0 Å². The zero-order valence-corrected chi connectivity index (χ0v) is 16.4. The van der Waals surface area contributed by atoms with Gasteiger partial charge in [-0.25, -0.2) is 0 Å². The number of esters is 2. The normalized spacial score (nSPS) is 12.9. The molecule has 0 radical (unpaired) electrons. The van der Waals surface area contributed by atoms with Crippen LogP contribution in [-0.4, -0.2) is 25.2 Å². The Kier molecular flexibility index (Phi) is 8.30. The molecule has 0 saturated carbocycles. The van der Waals surface area contributed by atoms with Crippen LogP contribution in [0.3, 0.4) is 0 Å². The number of rotatable bonds is 8. The highest BCUT2D eigenvalue weighted by Crippen LogP contribution is 2.53. The van der Waals surface area contributed by atoms with Crippen LogP contribution in [0.4, 0.5) is 0 Å². The molecule has 0 atom stereocenters. The van der Waals surface area contributed by atoms with E-state index in [0.717, 1.165) is 25.7 Å². The quantitative estimate of drug-likeness (QED) is 0.366. The van der Waals surface area contributed by atoms with Gasteiger partial charge in [0.05, 0.1) is 13.2 Å². The van der Waals surface area contributed by atoms with Gasteiger partial charge in [-0.05, 0) is 23.7 Å². The van der Waals surface area contributed by atoms with Crippen molar-refractivity contribution < 1.29 is 19.1 Å². The summed E-state index contributed by atoms with van der Waals surface area (Å²) >= 11 is 0. The van der Waals surface area contributed by atoms with Gasteiger partial charge in [0.15, 0.2) is 5.41 Å². The lowest BCUT2D eigenvalue weighted by atomic mass is 9.54. The van der Waals surface area contributed by atoms with Gasteiger partial charge >= 0.3 is 11.9 Å². The smallest absolute Gasteiger partial charge is 0.324 e. The van der Waals surface area contributed by atoms with E-state index in [0.29, 0.717) is 13.2 Å². The molecule has 0 aromatic heterocycles. The van der Waals surface area contributed by atoms with Crippen molar-refractivity contribution in [1.29, 1.82) is 0 Å². The topological polar surface area (TPSA) is 52.6 Å². The summed E-state index contributed by atoms with van der Waals surface area (Å²) in [6.07, 6.45) is 3.46. The van der Waals surface area contributed by atoms with Gasteiger partial charge in [0.25, 0.3) is 0 Å². The molecular weight excluding hydrogens is 292 g/mol. The van der Waals surface area contributed by atoms with E-state index >= 15 is 0 Å². The molecule has 0 fully saturated rings. The zero-order chi connectivity index (χ0) is 18.3. The largest absolute Gasteiger partial charge is 0.465 e. The molecule has 0 unspecified atom stereocenters. The SMILES string of the molecule is CCCCOC(=O)C(C(=O)OCCCC)(C(C)(C)C)C(C)(C)C. The first-order chi connectivity index (χ1) is 10.5. The number of hydrogen-bond donors (Lipinski definition) is 0. The molecule has 0 heterocycles. The minimum Gasteiger partial charge on any atom is -0.465 e. The fraction of sp³-hybridized carbons (Fsp3) is 0.895. The minimum absolute atomic E-state index is 0.339. The Hall–Kier alpha value is -1.06. The van der Waals surface area contributed by atoms with E-state index in [-0.39, 0.29) is 0 Å². The van der Waals surface area contributed by atoms with Crippen molar-refractivity contribution in [1.82, 2.24) is 0 Å². The van der Waals surface area contributed by atoms with Crippen LogP contribution in [0, 0.1) is 16.2 Å². The molecule has 0 aliphatic heterocycles. The lowest BCUT2D eigenvalue weighted by Crippen LogP contribution is -2.59. The number of ether oxygens (including phenoxy) is 2. The van der Waals surface area contributed by atoms with E-state index in [1.54, 1.807) is 0 Å². The summed E-state index contributed by atoms with van der Waals surface area (Å²) in [5, 5.41) is 0. The maximum Gasteiger partial charge on any atom is 0.324 e. The first kappa shape index (κ1) is 21.9. The summed E-state index contributed by atoms with van der Waals surface area (Å²) in [7, 11) is 0. The maximum atomic E-state index is 13.0. The number of carbonyl (C=O) groups excluding carboxylic acids is 2. The summed E-state index contributed by atoms with van der Waals surface area (Å²) in [5.41, 5.74) is -2.56. The standard InChI is InChI=1S/C19H36O4/c1-9-11-13-22-15(20)19(17(3,4)5,18(6,7)8)16(21)23-14-12-10-2/h9-14H2,1-8H3. The summed E-state index contributed by atoms with van der Waals surface area (Å²) in [4.78, 5) is 26.0. The lowest BCUT2D eigenvalue weighted by molar-refractivity contribution is -0.194. The van der Waals surface area contributed by atoms with Gasteiger partial charge in [-0.2, -0.15) is 0 Å². The molecule has 0 amide bonds. The Balaban J connectivity index is 5.72. The van der Waals surface area contributed by atoms with Crippen molar-refractivity contribution in [2.45, 2.75) is 81.1 Å². The Labute approximate surface area is 142 Å². The molecule has 4 nitrogen and oxygen atoms in total. The minimum atomic E-state index is -1.33. The van der Waals surface area contributed by atoms with Gasteiger partial charge in [-0.15, -0.1) is 0 Å². The van der Waals surface area contributed by atoms with Crippen molar-refractivity contribution in [2.24, 2.45) is 16.2 Å². The highest BCUT2D eigenvalue weighted by molar-refractivity contribution is 6.02. The summed E-state index contributed by atoms with van der Waals surface area (Å²) in [6, 6.07) is 0. The van der Waals surface area contributed by atoms with E-state index < -0.39 is 28.2 Å². The number of hydrogen-bond acceptors (Lipinski definition) is 4. The van der Waals surface area contributed by atoms with Gasteiger partial charge in [-0.1, -0.05) is 68.2 Å². The van der Waals surface area contributed by atoms with E-state index in [2.05, 4.69) is 0 Å². The molecule has 0 rings (SSSR count). The molecule has 136 valence electrons. The third-order valence-electron chi connectivity index (χ3n) is 4.32. The Morgan fingerprint density at radius 2 is 1.00 bits per heavy atom. The van der Waals surface area contributed by atoms with Crippen molar-refractivity contribution in [3.05, 3.63) is 0 Å². The summed E-state index contributed by atoms with van der Waals surface area (Å²) in [5.74, 6) is -0.931. The lowest BCUT2D eigenvalue weighted by Gasteiger charge is -2.48. The first-order valence-corrected chi connectivity index (χ1v) is 8.81. The van der Waals surface area contributed by atoms with Gasteiger partial charge in [0, 0.05) is 0 Å². The zero-order valence-electron chi connectivity index (χ0n) is 16.4. The van der Waals surface area contributed by atoms with Crippen LogP contribution < -0.4 is 0 Å². The second kappa shape index (κ2) is 8.70. The molecule has 0 aliphatic rings. The molecule has 4 heteroatoms. The average Bonchev–Trinajstić information content (AvgIpc) is 2.36. The van der Waals surface area contributed by atoms with Crippen molar-refractivity contribution in [3.8, 4) is 0 Å². The van der Waals surface area contributed by atoms with Crippen LogP contribution in [0.2, 0.25) is 0 Å². The Morgan fingerprint density at radius 1 is 0.696 bits per heavy atom. The third-order valence-corrected chi connectivity index (χ3v) is 4.32. The molecule has 0 aromatic rings. The van der Waals surface area contributed by atoms with Crippen molar-refractivity contribution >= 4 is 11.9 Å². The molecule has 0 N–H and O–H groups in total. The highest BCUT2D eigenvalue weighted by atomic mass is 16.6. The second-order valence-corrected chi connectivity index (χ2v) is 8.23. The molecular formula is C19H36O4. The first-order valence-electron chi connectivity index (χ1n) is 8.81. The van der Waals surface area contributed by atoms with E-state index in [1.165, 1.54) is 0 Å². The molecule has 0 aromatic carbocycles. The fourth-order valence-electron chi connectivity index (χ4n) is 3.27. The molecule has 0 spiro atoms. The van der Waals surface area contributed by atoms with Gasteiger partial charge in [0.2, 0.25) is 0 Å². The van der Waals surface area contributed by atoms with Gasteiger partial charge < -0.3 is 9.47 Å². The van der Waals surface area contributed by atoms with Crippen molar-refractivity contribution in [2.75, 3.05) is 13.2 Å². The second-order valence-electron chi connectivity index (χ2n) is 8.23. The Morgan fingerprint density at radius 3 is 1.22 bits per heavy atom. The molecule has 0 saturated heterocycles. The van der Waals surface area contributed by atoms with Crippen LogP contribution in [0.1, 0.15) is 81.1 Å². The molecule has 23 heavy (non-hydrogen) atoms. The highest BCUT2D eigenvalue weighted by Gasteiger charge is 2.64. The number of carbonyl (C=O) groups is 2. The van der Waals surface area contributed by atoms with E-state index in [1.807, 2.05) is 55.4 Å². The summed E-state index contributed by atoms with van der Waals surface area (Å²) in [6.45, 7) is 16.2. The van der Waals surface area contributed by atoms with Gasteiger partial charge in [0.1, 0.15) is 0 Å². The van der Waals surface area contributed by atoms with Crippen LogP contribution in [0.25, 0.3) is 0 Å². The van der Waals surface area contributed by atoms with E-state index in [9.17, 15) is 9.59 Å². The third kappa shape index (κ3) is 4.95. The predicted molar refractivity (Wildman–Crippen MR) is 93.1 cm³/mol. The van der Waals surface area contributed by atoms with Crippen LogP contribution in [0.15, 0.2) is 0 Å². The fourth-order valence-corrected chi connectivity index (χ4v) is 3.27. The molecule has 0 aliphatic carbocycles. The average molecular weight is 328 g/mol. The maximum absolute atomic E-state index is 13.0. The number of unbranched alkanes of at least 4 members (excludes halogenated alkanes) is 2. The molecule has 0 bridgehead atoms. The monoisotopic (exact) mass is 328 g/mol. The van der Waals surface area contributed by atoms with Crippen LogP contribution in [-0.2, 0) is 19.1 Å². The van der Waals surface area contributed by atoms with Crippen molar-refractivity contribution in [3.63, 3.8) is 0 Å². The van der Waals surface area contributed by atoms with Crippen LogP contribution in [0.5, 0.6) is 0 Å². The summed E-state index contributed by atoms with van der Waals surface area (Å²) < 4.78 is 11.0. The van der Waals surface area contributed by atoms with Gasteiger partial charge in [-0.3, -0.25) is 9.59 Å². The Bertz CT molecular complexity index is 347. The predicted octanol–water partition coefficient (Wildman–Crippen LogP) is 4.75. The van der Waals surface area contributed by atoms with E-state index in [4.69, 9.17) is 9.47 Å².